The summed E-state index contributed by atoms with van der Waals surface area (Å²) in [6.07, 6.45) is 2.05. The van der Waals surface area contributed by atoms with Crippen LogP contribution >= 0.6 is 23.2 Å². The summed E-state index contributed by atoms with van der Waals surface area (Å²) in [4.78, 5) is 0.0228. The molecule has 1 saturated heterocycles. The van der Waals surface area contributed by atoms with Crippen LogP contribution in [-0.2, 0) is 10.0 Å². The lowest BCUT2D eigenvalue weighted by Gasteiger charge is -2.13. The van der Waals surface area contributed by atoms with E-state index >= 15 is 0 Å². The van der Waals surface area contributed by atoms with Crippen LogP contribution in [0.3, 0.4) is 0 Å². The van der Waals surface area contributed by atoms with E-state index in [1.54, 1.807) is 12.1 Å². The third kappa shape index (κ3) is 3.16. The van der Waals surface area contributed by atoms with Crippen molar-refractivity contribution in [1.29, 1.82) is 0 Å². The zero-order valence-electron chi connectivity index (χ0n) is 9.62. The van der Waals surface area contributed by atoms with E-state index in [2.05, 4.69) is 10.0 Å². The SMILES string of the molecule is O=S(=O)(NCC1CCCN1)c1cccc(Cl)c1Cl. The number of nitrogens with one attached hydrogen (secondary N) is 2. The summed E-state index contributed by atoms with van der Waals surface area (Å²) >= 11 is 11.7. The number of hydrogen-bond donors (Lipinski definition) is 2. The van der Waals surface area contributed by atoms with Crippen LogP contribution in [0.1, 0.15) is 12.8 Å². The molecule has 1 aromatic carbocycles. The Hall–Kier alpha value is -0.330. The summed E-state index contributed by atoms with van der Waals surface area (Å²) in [6, 6.07) is 4.76. The molecule has 1 aliphatic heterocycles. The monoisotopic (exact) mass is 308 g/mol. The Morgan fingerprint density at radius 2 is 2.17 bits per heavy atom. The van der Waals surface area contributed by atoms with Gasteiger partial charge in [-0.25, -0.2) is 13.1 Å². The molecule has 0 radical (unpaired) electrons. The number of benzene rings is 1. The van der Waals surface area contributed by atoms with Gasteiger partial charge < -0.3 is 5.32 Å². The Kier molecular flexibility index (Phi) is 4.50. The second-order valence-electron chi connectivity index (χ2n) is 4.20. The van der Waals surface area contributed by atoms with Gasteiger partial charge in [-0.15, -0.1) is 0 Å². The van der Waals surface area contributed by atoms with Crippen molar-refractivity contribution in [3.05, 3.63) is 28.2 Å². The zero-order chi connectivity index (χ0) is 13.2. The van der Waals surface area contributed by atoms with Gasteiger partial charge in [0.05, 0.1) is 10.0 Å². The van der Waals surface area contributed by atoms with Gasteiger partial charge in [0.25, 0.3) is 0 Å². The summed E-state index contributed by atoms with van der Waals surface area (Å²) in [5, 5.41) is 3.52. The van der Waals surface area contributed by atoms with Crippen LogP contribution in [-0.4, -0.2) is 27.5 Å². The van der Waals surface area contributed by atoms with E-state index in [1.807, 2.05) is 0 Å². The molecule has 4 nitrogen and oxygen atoms in total. The first-order chi connectivity index (χ1) is 8.50. The Morgan fingerprint density at radius 1 is 1.39 bits per heavy atom. The van der Waals surface area contributed by atoms with Crippen LogP contribution in [0.4, 0.5) is 0 Å². The molecule has 0 saturated carbocycles. The van der Waals surface area contributed by atoms with E-state index in [4.69, 9.17) is 23.2 Å². The number of rotatable bonds is 4. The lowest BCUT2D eigenvalue weighted by molar-refractivity contribution is 0.552. The number of hydrogen-bond acceptors (Lipinski definition) is 3. The Morgan fingerprint density at radius 3 is 2.83 bits per heavy atom. The molecule has 0 amide bonds. The Balaban J connectivity index is 2.12. The maximum absolute atomic E-state index is 12.1. The van der Waals surface area contributed by atoms with E-state index in [-0.39, 0.29) is 21.0 Å². The van der Waals surface area contributed by atoms with Crippen LogP contribution in [0.5, 0.6) is 0 Å². The van der Waals surface area contributed by atoms with Gasteiger partial charge in [0, 0.05) is 12.6 Å². The van der Waals surface area contributed by atoms with Gasteiger partial charge >= 0.3 is 0 Å². The average Bonchev–Trinajstić information content (AvgIpc) is 2.83. The molecule has 7 heteroatoms. The van der Waals surface area contributed by atoms with Crippen molar-refractivity contribution in [2.75, 3.05) is 13.1 Å². The first-order valence-electron chi connectivity index (χ1n) is 5.68. The molecular formula is C11H14Cl2N2O2S. The van der Waals surface area contributed by atoms with Gasteiger partial charge in [0.1, 0.15) is 4.90 Å². The van der Waals surface area contributed by atoms with Gasteiger partial charge in [0.2, 0.25) is 10.0 Å². The molecule has 1 aromatic rings. The summed E-state index contributed by atoms with van der Waals surface area (Å²) in [5.41, 5.74) is 0. The summed E-state index contributed by atoms with van der Waals surface area (Å²) in [7, 11) is -3.61. The second-order valence-corrected chi connectivity index (χ2v) is 6.72. The van der Waals surface area contributed by atoms with Crippen LogP contribution < -0.4 is 10.0 Å². The smallest absolute Gasteiger partial charge is 0.242 e. The highest BCUT2D eigenvalue weighted by Gasteiger charge is 2.22. The topological polar surface area (TPSA) is 58.2 Å². The molecule has 18 heavy (non-hydrogen) atoms. The fourth-order valence-electron chi connectivity index (χ4n) is 1.91. The third-order valence-electron chi connectivity index (χ3n) is 2.89. The van der Waals surface area contributed by atoms with Crippen molar-refractivity contribution >= 4 is 33.2 Å². The molecule has 2 rings (SSSR count). The maximum atomic E-state index is 12.1. The highest BCUT2D eigenvalue weighted by Crippen LogP contribution is 2.28. The maximum Gasteiger partial charge on any atom is 0.242 e. The molecule has 100 valence electrons. The van der Waals surface area contributed by atoms with Crippen molar-refractivity contribution in [2.24, 2.45) is 0 Å². The average molecular weight is 309 g/mol. The molecule has 2 N–H and O–H groups in total. The van der Waals surface area contributed by atoms with Gasteiger partial charge in [-0.3, -0.25) is 0 Å². The Labute approximate surface area is 117 Å². The van der Waals surface area contributed by atoms with Gasteiger partial charge in [0.15, 0.2) is 0 Å². The van der Waals surface area contributed by atoms with Crippen molar-refractivity contribution in [1.82, 2.24) is 10.0 Å². The molecule has 1 aliphatic rings. The van der Waals surface area contributed by atoms with Crippen molar-refractivity contribution < 1.29 is 8.42 Å². The predicted octanol–water partition coefficient (Wildman–Crippen LogP) is 2.02. The first kappa shape index (κ1) is 14.1. The fourth-order valence-corrected chi connectivity index (χ4v) is 3.75. The highest BCUT2D eigenvalue weighted by atomic mass is 35.5. The molecule has 1 heterocycles. The number of sulfonamides is 1. The molecule has 1 atom stereocenters. The molecule has 0 spiro atoms. The van der Waals surface area contributed by atoms with E-state index in [0.717, 1.165) is 19.4 Å². The molecule has 0 bridgehead atoms. The molecule has 1 unspecified atom stereocenters. The number of halogens is 2. The third-order valence-corrected chi connectivity index (χ3v) is 5.28. The van der Waals surface area contributed by atoms with Crippen LogP contribution in [0.2, 0.25) is 10.0 Å². The molecule has 1 fully saturated rings. The molecule has 0 aliphatic carbocycles. The van der Waals surface area contributed by atoms with Crippen molar-refractivity contribution in [3.63, 3.8) is 0 Å². The zero-order valence-corrected chi connectivity index (χ0v) is 11.9. The van der Waals surface area contributed by atoms with E-state index in [9.17, 15) is 8.42 Å². The van der Waals surface area contributed by atoms with Crippen LogP contribution in [0.15, 0.2) is 23.1 Å². The first-order valence-corrected chi connectivity index (χ1v) is 7.91. The lowest BCUT2D eigenvalue weighted by Crippen LogP contribution is -2.37. The fraction of sp³-hybridized carbons (Fsp3) is 0.455. The van der Waals surface area contributed by atoms with Crippen LogP contribution in [0, 0.1) is 0 Å². The molecule has 0 aromatic heterocycles. The second kappa shape index (κ2) is 5.75. The quantitative estimate of drug-likeness (QED) is 0.894. The van der Waals surface area contributed by atoms with E-state index in [0.29, 0.717) is 6.54 Å². The van der Waals surface area contributed by atoms with E-state index < -0.39 is 10.0 Å². The summed E-state index contributed by atoms with van der Waals surface area (Å²) in [6.45, 7) is 1.30. The summed E-state index contributed by atoms with van der Waals surface area (Å²) in [5.74, 6) is 0. The highest BCUT2D eigenvalue weighted by molar-refractivity contribution is 7.89. The standard InChI is InChI=1S/C11H14Cl2N2O2S/c12-9-4-1-5-10(11(9)13)18(16,17)15-7-8-3-2-6-14-8/h1,4-5,8,14-15H,2-3,6-7H2. The predicted molar refractivity (Wildman–Crippen MR) is 72.7 cm³/mol. The Bertz CT molecular complexity index is 528. The van der Waals surface area contributed by atoms with Gasteiger partial charge in [-0.05, 0) is 31.5 Å². The van der Waals surface area contributed by atoms with Crippen molar-refractivity contribution in [2.45, 2.75) is 23.8 Å². The largest absolute Gasteiger partial charge is 0.313 e. The van der Waals surface area contributed by atoms with Gasteiger partial charge in [-0.2, -0.15) is 0 Å². The minimum atomic E-state index is -3.61. The van der Waals surface area contributed by atoms with E-state index in [1.165, 1.54) is 6.07 Å². The van der Waals surface area contributed by atoms with Gasteiger partial charge in [-0.1, -0.05) is 29.3 Å². The molecular weight excluding hydrogens is 295 g/mol. The van der Waals surface area contributed by atoms with Crippen molar-refractivity contribution in [3.8, 4) is 0 Å². The summed E-state index contributed by atoms with van der Waals surface area (Å²) < 4.78 is 26.7. The minimum Gasteiger partial charge on any atom is -0.313 e. The minimum absolute atomic E-state index is 0.0228. The lowest BCUT2D eigenvalue weighted by atomic mass is 10.2. The van der Waals surface area contributed by atoms with Crippen LogP contribution in [0.25, 0.3) is 0 Å². The normalized spacial score (nSPS) is 20.2.